The summed E-state index contributed by atoms with van der Waals surface area (Å²) in [5.41, 5.74) is 8.38. The maximum atomic E-state index is 14.0. The monoisotopic (exact) mass is 473 g/mol. The predicted molar refractivity (Wildman–Crippen MR) is 126 cm³/mol. The molecule has 2 aromatic carbocycles. The van der Waals surface area contributed by atoms with Gasteiger partial charge in [-0.1, -0.05) is 18.2 Å². The van der Waals surface area contributed by atoms with Crippen molar-refractivity contribution in [1.29, 1.82) is 5.26 Å². The van der Waals surface area contributed by atoms with Gasteiger partial charge >= 0.3 is 0 Å². The Hall–Kier alpha value is -4.58. The number of benzene rings is 2. The van der Waals surface area contributed by atoms with E-state index in [1.165, 1.54) is 14.2 Å². The number of hydrogen-bond acceptors (Lipinski definition) is 8. The van der Waals surface area contributed by atoms with Crippen LogP contribution in [0.2, 0.25) is 0 Å². The summed E-state index contributed by atoms with van der Waals surface area (Å²) in [5.74, 6) is 1.64. The molecule has 0 fully saturated rings. The molecule has 2 aliphatic rings. The maximum Gasteiger partial charge on any atom is 0.259 e. The molecule has 9 heteroatoms. The van der Waals surface area contributed by atoms with E-state index in [9.17, 15) is 10.1 Å². The zero-order valence-electron chi connectivity index (χ0n) is 19.5. The first kappa shape index (κ1) is 22.2. The number of allylic oxidation sites excluding steroid dienone is 1. The highest BCUT2D eigenvalue weighted by Gasteiger charge is 2.36. The van der Waals surface area contributed by atoms with Crippen LogP contribution in [0.25, 0.3) is 0 Å². The number of aryl methyl sites for hydroxylation is 1. The number of ether oxygens (including phenoxy) is 5. The van der Waals surface area contributed by atoms with E-state index in [-0.39, 0.29) is 30.4 Å². The minimum absolute atomic E-state index is 0.0535. The summed E-state index contributed by atoms with van der Waals surface area (Å²) >= 11 is 0. The first-order chi connectivity index (χ1) is 17.0. The van der Waals surface area contributed by atoms with Crippen molar-refractivity contribution < 1.29 is 23.7 Å². The summed E-state index contributed by atoms with van der Waals surface area (Å²) < 4.78 is 29.3. The fourth-order valence-electron chi connectivity index (χ4n) is 4.55. The summed E-state index contributed by atoms with van der Waals surface area (Å²) in [6.45, 7) is 2.28. The van der Waals surface area contributed by atoms with Gasteiger partial charge in [-0.3, -0.25) is 4.79 Å². The van der Waals surface area contributed by atoms with Gasteiger partial charge in [0.25, 0.3) is 5.56 Å². The Bertz CT molecular complexity index is 1470. The molecule has 0 amide bonds. The number of nitriles is 1. The quantitative estimate of drug-likeness (QED) is 0.600. The van der Waals surface area contributed by atoms with Crippen molar-refractivity contribution in [1.82, 2.24) is 4.57 Å². The molecule has 9 nitrogen and oxygen atoms in total. The van der Waals surface area contributed by atoms with Crippen molar-refractivity contribution in [3.8, 4) is 34.8 Å². The lowest BCUT2D eigenvalue weighted by Crippen LogP contribution is -2.33. The molecule has 0 radical (unpaired) electrons. The second-order valence-electron chi connectivity index (χ2n) is 8.15. The number of fused-ring (bicyclic) bond motifs is 2. The van der Waals surface area contributed by atoms with Gasteiger partial charge in [-0.05, 0) is 30.7 Å². The Kier molecular flexibility index (Phi) is 5.49. The van der Waals surface area contributed by atoms with Gasteiger partial charge in [0.15, 0.2) is 23.0 Å². The lowest BCUT2D eigenvalue weighted by Gasteiger charge is -2.28. The van der Waals surface area contributed by atoms with E-state index in [1.807, 2.05) is 25.1 Å². The van der Waals surface area contributed by atoms with Gasteiger partial charge in [0.2, 0.25) is 12.7 Å². The van der Waals surface area contributed by atoms with Crippen LogP contribution in [0.5, 0.6) is 28.7 Å². The van der Waals surface area contributed by atoms with Gasteiger partial charge in [-0.15, -0.1) is 0 Å². The van der Waals surface area contributed by atoms with E-state index in [0.717, 1.165) is 5.56 Å². The number of rotatable bonds is 5. The molecular formula is C26H23N3O6. The third kappa shape index (κ3) is 3.60. The van der Waals surface area contributed by atoms with Gasteiger partial charge in [0, 0.05) is 17.3 Å². The van der Waals surface area contributed by atoms with E-state index >= 15 is 0 Å². The normalized spacial score (nSPS) is 15.8. The number of hydrogen-bond donors (Lipinski definition) is 1. The summed E-state index contributed by atoms with van der Waals surface area (Å²) in [6, 6.07) is 14.7. The molecule has 0 aliphatic carbocycles. The molecule has 35 heavy (non-hydrogen) atoms. The summed E-state index contributed by atoms with van der Waals surface area (Å²) in [4.78, 5) is 14.0. The first-order valence-electron chi connectivity index (χ1n) is 10.9. The SMILES string of the molecule is COc1cccc([C@@H]2C(C#N)=C(N)Oc3cc(C)n(Cc4ccc5c(c4)OCO5)c(=O)c32)c1OC. The van der Waals surface area contributed by atoms with Crippen LogP contribution in [-0.4, -0.2) is 25.6 Å². The molecule has 1 atom stereocenters. The highest BCUT2D eigenvalue weighted by Crippen LogP contribution is 2.46. The molecule has 3 aromatic rings. The molecular weight excluding hydrogens is 450 g/mol. The predicted octanol–water partition coefficient (Wildman–Crippen LogP) is 3.17. The van der Waals surface area contributed by atoms with Crippen molar-refractivity contribution in [2.24, 2.45) is 5.73 Å². The smallest absolute Gasteiger partial charge is 0.259 e. The lowest BCUT2D eigenvalue weighted by atomic mass is 9.83. The van der Waals surface area contributed by atoms with Gasteiger partial charge in [-0.25, -0.2) is 0 Å². The van der Waals surface area contributed by atoms with Crippen LogP contribution in [0.3, 0.4) is 0 Å². The number of pyridine rings is 1. The molecule has 0 saturated heterocycles. The van der Waals surface area contributed by atoms with Crippen LogP contribution in [0.4, 0.5) is 0 Å². The topological polar surface area (TPSA) is 118 Å². The van der Waals surface area contributed by atoms with Gasteiger partial charge < -0.3 is 34.0 Å². The molecule has 2 N–H and O–H groups in total. The lowest BCUT2D eigenvalue weighted by molar-refractivity contribution is 0.174. The average molecular weight is 473 g/mol. The number of para-hydroxylation sites is 1. The van der Waals surface area contributed by atoms with Gasteiger partial charge in [0.05, 0.1) is 32.2 Å². The third-order valence-electron chi connectivity index (χ3n) is 6.21. The number of nitrogens with zero attached hydrogens (tertiary/aromatic N) is 2. The molecule has 0 bridgehead atoms. The molecule has 5 rings (SSSR count). The fraction of sp³-hybridized carbons (Fsp3) is 0.231. The molecule has 2 aliphatic heterocycles. The highest BCUT2D eigenvalue weighted by molar-refractivity contribution is 5.61. The summed E-state index contributed by atoms with van der Waals surface area (Å²) in [7, 11) is 3.03. The first-order valence-corrected chi connectivity index (χ1v) is 10.9. The van der Waals surface area contributed by atoms with Crippen LogP contribution in [0.1, 0.15) is 28.3 Å². The van der Waals surface area contributed by atoms with Crippen LogP contribution in [-0.2, 0) is 6.54 Å². The van der Waals surface area contributed by atoms with Crippen LogP contribution >= 0.6 is 0 Å². The van der Waals surface area contributed by atoms with Crippen LogP contribution in [0, 0.1) is 18.3 Å². The summed E-state index contributed by atoms with van der Waals surface area (Å²) in [5, 5.41) is 9.97. The van der Waals surface area contributed by atoms with E-state index < -0.39 is 5.92 Å². The Morgan fingerprint density at radius 1 is 1.11 bits per heavy atom. The largest absolute Gasteiger partial charge is 0.493 e. The Balaban J connectivity index is 1.69. The van der Waals surface area contributed by atoms with E-state index in [1.54, 1.807) is 28.8 Å². The number of aromatic nitrogens is 1. The second-order valence-corrected chi connectivity index (χ2v) is 8.15. The fourth-order valence-corrected chi connectivity index (χ4v) is 4.55. The average Bonchev–Trinajstić information content (AvgIpc) is 3.33. The zero-order chi connectivity index (χ0) is 24.7. The minimum Gasteiger partial charge on any atom is -0.493 e. The molecule has 0 spiro atoms. The van der Waals surface area contributed by atoms with E-state index in [2.05, 4.69) is 6.07 Å². The summed E-state index contributed by atoms with van der Waals surface area (Å²) in [6.07, 6.45) is 0. The Morgan fingerprint density at radius 3 is 2.66 bits per heavy atom. The molecule has 3 heterocycles. The molecule has 0 unspecified atom stereocenters. The zero-order valence-corrected chi connectivity index (χ0v) is 19.5. The standard InChI is InChI=1S/C26H23N3O6/c1-14-9-21-23(26(30)29(14)12-15-7-8-18-20(10-15)34-13-33-18)22(17(11-27)25(28)35-21)16-5-4-6-19(31-2)24(16)32-3/h4-10,22H,12-13,28H2,1-3H3/t22-/m1/s1. The Labute approximate surface area is 201 Å². The van der Waals surface area contributed by atoms with Gasteiger partial charge in [0.1, 0.15) is 17.4 Å². The highest BCUT2D eigenvalue weighted by atomic mass is 16.7. The van der Waals surface area contributed by atoms with Gasteiger partial charge in [-0.2, -0.15) is 5.26 Å². The van der Waals surface area contributed by atoms with Crippen molar-refractivity contribution >= 4 is 0 Å². The molecule has 0 saturated carbocycles. The van der Waals surface area contributed by atoms with Crippen molar-refractivity contribution in [2.75, 3.05) is 21.0 Å². The number of nitrogens with two attached hydrogens (primary N) is 1. The van der Waals surface area contributed by atoms with Crippen LogP contribution < -0.4 is 35.0 Å². The third-order valence-corrected chi connectivity index (χ3v) is 6.21. The minimum atomic E-state index is -0.801. The van der Waals surface area contributed by atoms with Crippen LogP contribution in [0.15, 0.2) is 58.7 Å². The maximum absolute atomic E-state index is 14.0. The molecule has 1 aromatic heterocycles. The van der Waals surface area contributed by atoms with Crippen molar-refractivity contribution in [3.05, 3.63) is 86.7 Å². The van der Waals surface area contributed by atoms with Crippen molar-refractivity contribution in [3.63, 3.8) is 0 Å². The second kappa shape index (κ2) is 8.65. The van der Waals surface area contributed by atoms with E-state index in [4.69, 9.17) is 29.4 Å². The van der Waals surface area contributed by atoms with Crippen molar-refractivity contribution in [2.45, 2.75) is 19.4 Å². The Morgan fingerprint density at radius 2 is 1.91 bits per heavy atom. The van der Waals surface area contributed by atoms with E-state index in [0.29, 0.717) is 45.6 Å². The molecule has 178 valence electrons. The number of methoxy groups -OCH3 is 2.